The summed E-state index contributed by atoms with van der Waals surface area (Å²) in [4.78, 5) is 0. The summed E-state index contributed by atoms with van der Waals surface area (Å²) in [6, 6.07) is 0. The van der Waals surface area contributed by atoms with E-state index in [-0.39, 0.29) is 36.6 Å². The molecule has 176 valence electrons. The topological polar surface area (TPSA) is 55.4 Å². The van der Waals surface area contributed by atoms with Gasteiger partial charge in [-0.05, 0) is 83.1 Å². The van der Waals surface area contributed by atoms with E-state index < -0.39 is 22.3 Å². The van der Waals surface area contributed by atoms with Crippen molar-refractivity contribution in [2.75, 3.05) is 0 Å². The largest absolute Gasteiger partial charge is 0.512 e. The van der Waals surface area contributed by atoms with Crippen LogP contribution in [0.2, 0.25) is 4.66 Å². The van der Waals surface area contributed by atoms with Gasteiger partial charge in [0.2, 0.25) is 0 Å². The van der Waals surface area contributed by atoms with Gasteiger partial charge >= 0.3 is 17.6 Å². The lowest BCUT2D eigenvalue weighted by Crippen LogP contribution is -2.71. The van der Waals surface area contributed by atoms with Crippen molar-refractivity contribution in [3.63, 3.8) is 0 Å². The lowest BCUT2D eigenvalue weighted by atomic mass is 10.5. The van der Waals surface area contributed by atoms with Crippen molar-refractivity contribution in [3.8, 4) is 0 Å². The summed E-state index contributed by atoms with van der Waals surface area (Å²) in [7, 11) is -6.72. The van der Waals surface area contributed by atoms with Crippen LogP contribution in [-0.4, -0.2) is 54.2 Å². The van der Waals surface area contributed by atoms with Gasteiger partial charge in [-0.1, -0.05) is 13.8 Å². The van der Waals surface area contributed by atoms with Crippen LogP contribution in [0.4, 0.5) is 0 Å². The van der Waals surface area contributed by atoms with Gasteiger partial charge in [-0.2, -0.15) is 0 Å². The molecule has 0 bridgehead atoms. The molecule has 0 aromatic heterocycles. The number of hydrogen-bond donors (Lipinski definition) is 0. The standard InChI is InChI=1S/C21H48O6Si2/c1-15(2)22-28(23-16(3)4,24-17(5)6)21(13,14)29(25-18(7)8,26-19(9)10)27-20(11)12/h15-20H,1-14H3. The highest BCUT2D eigenvalue weighted by Gasteiger charge is 2.74. The average molecular weight is 453 g/mol. The van der Waals surface area contributed by atoms with E-state index in [9.17, 15) is 0 Å². The molecule has 0 radical (unpaired) electrons. The Labute approximate surface area is 182 Å². The van der Waals surface area contributed by atoms with Crippen LogP contribution in [0, 0.1) is 0 Å². The molecule has 0 rings (SSSR count). The Kier molecular flexibility index (Phi) is 11.8. The summed E-state index contributed by atoms with van der Waals surface area (Å²) in [6.07, 6.45) is -0.487. The van der Waals surface area contributed by atoms with Crippen LogP contribution >= 0.6 is 0 Å². The zero-order chi connectivity index (χ0) is 23.2. The quantitative estimate of drug-likeness (QED) is 0.314. The SMILES string of the molecule is CC(C)O[Si](OC(C)C)(OC(C)C)C(C)(C)[Si](OC(C)C)(OC(C)C)OC(C)C. The Balaban J connectivity index is 6.84. The molecule has 0 aliphatic heterocycles. The highest BCUT2D eigenvalue weighted by Crippen LogP contribution is 2.51. The molecule has 8 heteroatoms. The van der Waals surface area contributed by atoms with Crippen molar-refractivity contribution >= 4 is 17.6 Å². The molecule has 0 aliphatic rings. The second-order valence-corrected chi connectivity index (χ2v) is 16.4. The van der Waals surface area contributed by atoms with Crippen LogP contribution in [0.3, 0.4) is 0 Å². The molecule has 0 heterocycles. The maximum atomic E-state index is 6.56. The van der Waals surface area contributed by atoms with Gasteiger partial charge in [0.15, 0.2) is 0 Å². The van der Waals surface area contributed by atoms with Crippen LogP contribution in [-0.2, 0) is 26.6 Å². The van der Waals surface area contributed by atoms with Gasteiger partial charge in [0, 0.05) is 36.6 Å². The summed E-state index contributed by atoms with van der Waals surface area (Å²) in [5.74, 6) is 0. The molecule has 0 atom stereocenters. The molecule has 29 heavy (non-hydrogen) atoms. The minimum atomic E-state index is -3.36. The summed E-state index contributed by atoms with van der Waals surface area (Å²) in [6.45, 7) is 28.2. The van der Waals surface area contributed by atoms with Gasteiger partial charge in [0.05, 0.1) is 0 Å². The van der Waals surface area contributed by atoms with Crippen LogP contribution < -0.4 is 0 Å². The predicted octanol–water partition coefficient (Wildman–Crippen LogP) is 5.73. The van der Waals surface area contributed by atoms with E-state index in [0.717, 1.165) is 0 Å². The van der Waals surface area contributed by atoms with Crippen LogP contribution in [0.25, 0.3) is 0 Å². The summed E-state index contributed by atoms with van der Waals surface area (Å²) in [5, 5.41) is 0. The molecule has 6 nitrogen and oxygen atoms in total. The Bertz CT molecular complexity index is 371. The molecule has 0 aromatic rings. The van der Waals surface area contributed by atoms with Gasteiger partial charge in [-0.3, -0.25) is 0 Å². The molecule has 0 aromatic carbocycles. The maximum Gasteiger partial charge on any atom is 0.512 e. The monoisotopic (exact) mass is 452 g/mol. The predicted molar refractivity (Wildman–Crippen MR) is 123 cm³/mol. The molecule has 0 saturated heterocycles. The first kappa shape index (κ1) is 29.2. The van der Waals surface area contributed by atoms with Crippen molar-refractivity contribution in [1.29, 1.82) is 0 Å². The Morgan fingerprint density at radius 1 is 0.379 bits per heavy atom. The lowest BCUT2D eigenvalue weighted by molar-refractivity contribution is -0.0425. The van der Waals surface area contributed by atoms with E-state index in [0.29, 0.717) is 0 Å². The summed E-state index contributed by atoms with van der Waals surface area (Å²) >= 11 is 0. The van der Waals surface area contributed by atoms with Gasteiger partial charge < -0.3 is 26.6 Å². The molecule has 0 aliphatic carbocycles. The molecule has 0 spiro atoms. The maximum absolute atomic E-state index is 6.56. The zero-order valence-corrected chi connectivity index (χ0v) is 23.4. The third-order valence-corrected chi connectivity index (χ3v) is 13.5. The molecule has 0 N–H and O–H groups in total. The molecule has 0 amide bonds. The van der Waals surface area contributed by atoms with Gasteiger partial charge in [-0.25, -0.2) is 0 Å². The van der Waals surface area contributed by atoms with E-state index in [1.165, 1.54) is 0 Å². The zero-order valence-electron chi connectivity index (χ0n) is 21.4. The molecule has 0 unspecified atom stereocenters. The van der Waals surface area contributed by atoms with Gasteiger partial charge in [-0.15, -0.1) is 0 Å². The number of rotatable bonds is 14. The highest BCUT2D eigenvalue weighted by atomic mass is 28.5. The first-order valence-electron chi connectivity index (χ1n) is 11.1. The number of hydrogen-bond acceptors (Lipinski definition) is 6. The lowest BCUT2D eigenvalue weighted by Gasteiger charge is -2.51. The minimum Gasteiger partial charge on any atom is -0.371 e. The van der Waals surface area contributed by atoms with Crippen molar-refractivity contribution in [1.82, 2.24) is 0 Å². The van der Waals surface area contributed by atoms with E-state index in [1.807, 2.05) is 83.1 Å². The molecule has 0 fully saturated rings. The van der Waals surface area contributed by atoms with Crippen molar-refractivity contribution < 1.29 is 26.6 Å². The van der Waals surface area contributed by atoms with Crippen LogP contribution in [0.15, 0.2) is 0 Å². The smallest absolute Gasteiger partial charge is 0.371 e. The average Bonchev–Trinajstić information content (AvgIpc) is 2.41. The fourth-order valence-electron chi connectivity index (χ4n) is 3.10. The fraction of sp³-hybridized carbons (Fsp3) is 1.00. The first-order valence-corrected chi connectivity index (χ1v) is 14.5. The Morgan fingerprint density at radius 2 is 0.517 bits per heavy atom. The second kappa shape index (κ2) is 11.7. The third-order valence-electron chi connectivity index (χ3n) is 3.88. The normalized spacial score (nSPS) is 14.5. The van der Waals surface area contributed by atoms with Crippen molar-refractivity contribution in [2.45, 2.75) is 138 Å². The molecule has 0 saturated carbocycles. The minimum absolute atomic E-state index is 0.0812. The van der Waals surface area contributed by atoms with Crippen molar-refractivity contribution in [2.24, 2.45) is 0 Å². The van der Waals surface area contributed by atoms with Crippen molar-refractivity contribution in [3.05, 3.63) is 0 Å². The third kappa shape index (κ3) is 8.33. The first-order chi connectivity index (χ1) is 13.0. The van der Waals surface area contributed by atoms with Crippen LogP contribution in [0.1, 0.15) is 96.9 Å². The summed E-state index contributed by atoms with van der Waals surface area (Å²) < 4.78 is 38.6. The Morgan fingerprint density at radius 3 is 0.621 bits per heavy atom. The van der Waals surface area contributed by atoms with E-state index in [1.54, 1.807) is 0 Å². The van der Waals surface area contributed by atoms with E-state index in [4.69, 9.17) is 26.6 Å². The molecular weight excluding hydrogens is 404 g/mol. The molecular formula is C21H48O6Si2. The van der Waals surface area contributed by atoms with E-state index >= 15 is 0 Å². The summed E-state index contributed by atoms with van der Waals surface area (Å²) in [5.41, 5.74) is 0. The van der Waals surface area contributed by atoms with Crippen LogP contribution in [0.5, 0.6) is 0 Å². The van der Waals surface area contributed by atoms with E-state index in [2.05, 4.69) is 13.8 Å². The van der Waals surface area contributed by atoms with Gasteiger partial charge in [0.25, 0.3) is 0 Å². The highest BCUT2D eigenvalue weighted by molar-refractivity contribution is 6.85. The fourth-order valence-corrected chi connectivity index (χ4v) is 11.5. The van der Waals surface area contributed by atoms with Gasteiger partial charge in [0.1, 0.15) is 4.66 Å². The Hall–Kier alpha value is 0.194. The second-order valence-electron chi connectivity index (χ2n) is 9.74.